The molecule has 6 heteroatoms. The Labute approximate surface area is 132 Å². The van der Waals surface area contributed by atoms with Gasteiger partial charge in [0.25, 0.3) is 5.91 Å². The Bertz CT molecular complexity index is 609. The van der Waals surface area contributed by atoms with Crippen LogP contribution in [0.25, 0.3) is 0 Å². The lowest BCUT2D eigenvalue weighted by atomic mass is 10.2. The minimum Gasteiger partial charge on any atom is -0.337 e. The zero-order valence-electron chi connectivity index (χ0n) is 10.6. The number of nitrogens with zero attached hydrogens (tertiary/aromatic N) is 2. The molecule has 0 aliphatic heterocycles. The van der Waals surface area contributed by atoms with Crippen LogP contribution in [0.3, 0.4) is 0 Å². The van der Waals surface area contributed by atoms with Crippen LogP contribution in [-0.4, -0.2) is 22.8 Å². The average molecular weight is 330 g/mol. The number of hydrogen-bond donors (Lipinski definition) is 0. The van der Waals surface area contributed by atoms with Gasteiger partial charge < -0.3 is 4.90 Å². The molecule has 2 rings (SSSR count). The van der Waals surface area contributed by atoms with E-state index in [0.29, 0.717) is 27.3 Å². The van der Waals surface area contributed by atoms with E-state index in [9.17, 15) is 4.79 Å². The molecule has 0 saturated heterocycles. The van der Waals surface area contributed by atoms with Crippen LogP contribution in [0.2, 0.25) is 15.2 Å². The minimum atomic E-state index is -0.148. The van der Waals surface area contributed by atoms with Crippen molar-refractivity contribution in [2.24, 2.45) is 0 Å². The van der Waals surface area contributed by atoms with Gasteiger partial charge in [0.15, 0.2) is 0 Å². The van der Waals surface area contributed by atoms with Crippen LogP contribution in [0.4, 0.5) is 0 Å². The van der Waals surface area contributed by atoms with Crippen molar-refractivity contribution in [2.75, 3.05) is 7.05 Å². The van der Waals surface area contributed by atoms with E-state index >= 15 is 0 Å². The van der Waals surface area contributed by atoms with E-state index < -0.39 is 0 Å². The largest absolute Gasteiger partial charge is 0.337 e. The molecule has 0 aliphatic rings. The Morgan fingerprint density at radius 1 is 1.15 bits per heavy atom. The van der Waals surface area contributed by atoms with Crippen LogP contribution in [-0.2, 0) is 6.54 Å². The quantitative estimate of drug-likeness (QED) is 0.786. The molecule has 20 heavy (non-hydrogen) atoms. The summed E-state index contributed by atoms with van der Waals surface area (Å²) in [5.41, 5.74) is 1.34. The van der Waals surface area contributed by atoms with Crippen LogP contribution in [0.1, 0.15) is 15.9 Å². The SMILES string of the molecule is CN(Cc1cc(Cl)cc(Cl)c1)C(=O)c1ccc(Cl)nc1. The highest BCUT2D eigenvalue weighted by Crippen LogP contribution is 2.20. The molecule has 1 aromatic heterocycles. The molecule has 104 valence electrons. The molecule has 0 bridgehead atoms. The lowest BCUT2D eigenvalue weighted by Gasteiger charge is -2.17. The molecule has 3 nitrogen and oxygen atoms in total. The van der Waals surface area contributed by atoms with Crippen molar-refractivity contribution in [2.45, 2.75) is 6.54 Å². The van der Waals surface area contributed by atoms with E-state index in [-0.39, 0.29) is 5.91 Å². The summed E-state index contributed by atoms with van der Waals surface area (Å²) < 4.78 is 0. The van der Waals surface area contributed by atoms with Gasteiger partial charge in [-0.1, -0.05) is 34.8 Å². The Morgan fingerprint density at radius 2 is 1.80 bits per heavy atom. The molecular weight excluding hydrogens is 319 g/mol. The molecule has 0 radical (unpaired) electrons. The van der Waals surface area contributed by atoms with Crippen LogP contribution in [0, 0.1) is 0 Å². The second-order valence-corrected chi connectivity index (χ2v) is 5.57. The molecule has 0 saturated carbocycles. The fraction of sp³-hybridized carbons (Fsp3) is 0.143. The first-order valence-electron chi connectivity index (χ1n) is 5.77. The Balaban J connectivity index is 2.13. The highest BCUT2D eigenvalue weighted by atomic mass is 35.5. The van der Waals surface area contributed by atoms with Gasteiger partial charge in [-0.25, -0.2) is 4.98 Å². The minimum absolute atomic E-state index is 0.148. The molecule has 0 fully saturated rings. The number of pyridine rings is 1. The zero-order valence-corrected chi connectivity index (χ0v) is 12.9. The number of carbonyl (C=O) groups excluding carboxylic acids is 1. The average Bonchev–Trinajstić information content (AvgIpc) is 2.37. The van der Waals surface area contributed by atoms with Crippen molar-refractivity contribution in [1.82, 2.24) is 9.88 Å². The number of rotatable bonds is 3. The summed E-state index contributed by atoms with van der Waals surface area (Å²) in [6.45, 7) is 0.405. The van der Waals surface area contributed by atoms with Gasteiger partial charge in [0.05, 0.1) is 5.56 Å². The van der Waals surface area contributed by atoms with Crippen LogP contribution >= 0.6 is 34.8 Å². The molecule has 1 amide bonds. The van der Waals surface area contributed by atoms with Crippen LogP contribution in [0.5, 0.6) is 0 Å². The third-order valence-electron chi connectivity index (χ3n) is 2.66. The molecule has 0 spiro atoms. The first-order chi connectivity index (χ1) is 9.45. The van der Waals surface area contributed by atoms with Crippen molar-refractivity contribution in [3.05, 3.63) is 62.9 Å². The number of carbonyl (C=O) groups is 1. The van der Waals surface area contributed by atoms with E-state index in [0.717, 1.165) is 5.56 Å². The lowest BCUT2D eigenvalue weighted by Crippen LogP contribution is -2.26. The maximum absolute atomic E-state index is 12.2. The number of aromatic nitrogens is 1. The standard InChI is InChI=1S/C14H11Cl3N2O/c1-19(8-9-4-11(15)6-12(16)5-9)14(20)10-2-3-13(17)18-7-10/h2-7H,8H2,1H3. The predicted molar refractivity (Wildman–Crippen MR) is 81.5 cm³/mol. The van der Waals surface area contributed by atoms with Gasteiger partial charge in [-0.3, -0.25) is 4.79 Å². The van der Waals surface area contributed by atoms with Crippen LogP contribution < -0.4 is 0 Å². The first kappa shape index (κ1) is 15.1. The van der Waals surface area contributed by atoms with E-state index in [1.54, 1.807) is 42.3 Å². The molecule has 1 heterocycles. The van der Waals surface area contributed by atoms with E-state index in [1.807, 2.05) is 0 Å². The summed E-state index contributed by atoms with van der Waals surface area (Å²) in [5, 5.41) is 1.44. The number of halogens is 3. The summed E-state index contributed by atoms with van der Waals surface area (Å²) >= 11 is 17.6. The molecule has 0 unspecified atom stereocenters. The normalized spacial score (nSPS) is 10.4. The smallest absolute Gasteiger partial charge is 0.255 e. The van der Waals surface area contributed by atoms with Crippen molar-refractivity contribution in [3.8, 4) is 0 Å². The Kier molecular flexibility index (Phi) is 4.86. The number of hydrogen-bond acceptors (Lipinski definition) is 2. The number of amides is 1. The molecule has 2 aromatic rings. The summed E-state index contributed by atoms with van der Waals surface area (Å²) in [4.78, 5) is 17.7. The highest BCUT2D eigenvalue weighted by Gasteiger charge is 2.13. The molecule has 0 N–H and O–H groups in total. The monoisotopic (exact) mass is 328 g/mol. The van der Waals surface area contributed by atoms with Crippen molar-refractivity contribution < 1.29 is 4.79 Å². The molecular formula is C14H11Cl3N2O. The van der Waals surface area contributed by atoms with Crippen molar-refractivity contribution in [1.29, 1.82) is 0 Å². The maximum Gasteiger partial charge on any atom is 0.255 e. The third-order valence-corrected chi connectivity index (χ3v) is 3.32. The highest BCUT2D eigenvalue weighted by molar-refractivity contribution is 6.34. The fourth-order valence-electron chi connectivity index (χ4n) is 1.77. The maximum atomic E-state index is 12.2. The molecule has 0 aliphatic carbocycles. The van der Waals surface area contributed by atoms with Crippen molar-refractivity contribution in [3.63, 3.8) is 0 Å². The van der Waals surface area contributed by atoms with E-state index in [4.69, 9.17) is 34.8 Å². The van der Waals surface area contributed by atoms with Gasteiger partial charge >= 0.3 is 0 Å². The van der Waals surface area contributed by atoms with Crippen molar-refractivity contribution >= 4 is 40.7 Å². The lowest BCUT2D eigenvalue weighted by molar-refractivity contribution is 0.0784. The molecule has 1 aromatic carbocycles. The summed E-state index contributed by atoms with van der Waals surface area (Å²) in [6, 6.07) is 8.42. The first-order valence-corrected chi connectivity index (χ1v) is 6.91. The second-order valence-electron chi connectivity index (χ2n) is 4.31. The second kappa shape index (κ2) is 6.44. The van der Waals surface area contributed by atoms with Gasteiger partial charge in [-0.2, -0.15) is 0 Å². The Hall–Kier alpha value is -1.29. The third kappa shape index (κ3) is 3.85. The molecule has 0 atom stereocenters. The zero-order chi connectivity index (χ0) is 14.7. The fourth-order valence-corrected chi connectivity index (χ4v) is 2.45. The summed E-state index contributed by atoms with van der Waals surface area (Å²) in [7, 11) is 1.70. The van der Waals surface area contributed by atoms with Gasteiger partial charge in [-0.05, 0) is 35.9 Å². The van der Waals surface area contributed by atoms with E-state index in [1.165, 1.54) is 6.20 Å². The van der Waals surface area contributed by atoms with Gasteiger partial charge in [0.2, 0.25) is 0 Å². The van der Waals surface area contributed by atoms with Gasteiger partial charge in [0, 0.05) is 29.8 Å². The van der Waals surface area contributed by atoms with Crippen LogP contribution in [0.15, 0.2) is 36.5 Å². The number of benzene rings is 1. The predicted octanol–water partition coefficient (Wildman–Crippen LogP) is 4.31. The summed E-state index contributed by atoms with van der Waals surface area (Å²) in [5.74, 6) is -0.148. The summed E-state index contributed by atoms with van der Waals surface area (Å²) in [6.07, 6.45) is 1.45. The van der Waals surface area contributed by atoms with Gasteiger partial charge in [0.1, 0.15) is 5.15 Å². The topological polar surface area (TPSA) is 33.2 Å². The van der Waals surface area contributed by atoms with Gasteiger partial charge in [-0.15, -0.1) is 0 Å². The van der Waals surface area contributed by atoms with E-state index in [2.05, 4.69) is 4.98 Å². The Morgan fingerprint density at radius 3 is 2.35 bits per heavy atom.